The molecule has 0 spiro atoms. The van der Waals surface area contributed by atoms with E-state index in [1.54, 1.807) is 5.57 Å². The number of hydrogen-bond donors (Lipinski definition) is 2. The van der Waals surface area contributed by atoms with Crippen molar-refractivity contribution in [2.75, 3.05) is 0 Å². The minimum atomic E-state index is -0.426. The fraction of sp³-hybridized carbons (Fsp3) is 0.875. The van der Waals surface area contributed by atoms with Crippen LogP contribution >= 0.6 is 0 Å². The Labute approximate surface area is 210 Å². The highest BCUT2D eigenvalue weighted by atomic mass is 16.3. The quantitative estimate of drug-likeness (QED) is 0.334. The Kier molecular flexibility index (Phi) is 8.10. The van der Waals surface area contributed by atoms with E-state index in [4.69, 9.17) is 0 Å². The molecule has 0 saturated heterocycles. The SMILES string of the molecule is CCCCC[C@@H]1[C@H](O)CC2=CC=C3[C@@H]4CC[C@H]([C@H](C)CCCC(C)C)[C@@]4(C)CC[C@@H]3[C@@]2(C)[C@H]1O. The van der Waals surface area contributed by atoms with Crippen molar-refractivity contribution in [2.24, 2.45) is 46.3 Å². The number of aliphatic hydroxyl groups is 2. The zero-order chi connectivity index (χ0) is 24.7. The maximum atomic E-state index is 11.8. The van der Waals surface area contributed by atoms with Gasteiger partial charge in [0.25, 0.3) is 0 Å². The van der Waals surface area contributed by atoms with Crippen LogP contribution in [0.25, 0.3) is 0 Å². The van der Waals surface area contributed by atoms with Gasteiger partial charge >= 0.3 is 0 Å². The van der Waals surface area contributed by atoms with Crippen molar-refractivity contribution in [2.45, 2.75) is 131 Å². The van der Waals surface area contributed by atoms with Gasteiger partial charge in [-0.1, -0.05) is 103 Å². The predicted octanol–water partition coefficient (Wildman–Crippen LogP) is 8.09. The molecule has 0 aromatic heterocycles. The average Bonchev–Trinajstić information content (AvgIpc) is 3.14. The van der Waals surface area contributed by atoms with Crippen LogP contribution in [0, 0.1) is 46.3 Å². The molecule has 3 saturated carbocycles. The summed E-state index contributed by atoms with van der Waals surface area (Å²) in [6.45, 7) is 14.4. The first-order valence-corrected chi connectivity index (χ1v) is 14.9. The Hall–Kier alpha value is -0.600. The van der Waals surface area contributed by atoms with Gasteiger partial charge in [0.1, 0.15) is 0 Å². The van der Waals surface area contributed by atoms with Gasteiger partial charge in [-0.05, 0) is 73.5 Å². The molecule has 0 aliphatic heterocycles. The summed E-state index contributed by atoms with van der Waals surface area (Å²) < 4.78 is 0. The largest absolute Gasteiger partial charge is 0.392 e. The summed E-state index contributed by atoms with van der Waals surface area (Å²) in [5.41, 5.74) is 3.19. The van der Waals surface area contributed by atoms with E-state index in [0.717, 1.165) is 37.0 Å². The van der Waals surface area contributed by atoms with Gasteiger partial charge in [-0.25, -0.2) is 0 Å². The van der Waals surface area contributed by atoms with Gasteiger partial charge in [-0.2, -0.15) is 0 Å². The van der Waals surface area contributed by atoms with Gasteiger partial charge in [-0.3, -0.25) is 0 Å². The van der Waals surface area contributed by atoms with Gasteiger partial charge in [0, 0.05) is 11.3 Å². The van der Waals surface area contributed by atoms with Crippen molar-refractivity contribution >= 4 is 0 Å². The van der Waals surface area contributed by atoms with Crippen molar-refractivity contribution in [3.05, 3.63) is 23.3 Å². The summed E-state index contributed by atoms with van der Waals surface area (Å²) in [5, 5.41) is 22.7. The molecule has 0 bridgehead atoms. The number of fused-ring (bicyclic) bond motifs is 5. The summed E-state index contributed by atoms with van der Waals surface area (Å²) in [5.74, 6) is 3.63. The van der Waals surface area contributed by atoms with E-state index in [1.807, 2.05) is 0 Å². The molecule has 2 nitrogen and oxygen atoms in total. The van der Waals surface area contributed by atoms with Crippen molar-refractivity contribution in [3.63, 3.8) is 0 Å². The molecule has 0 radical (unpaired) electrons. The minimum absolute atomic E-state index is 0.0265. The zero-order valence-corrected chi connectivity index (χ0v) is 23.2. The number of aliphatic hydroxyl groups excluding tert-OH is 2. The van der Waals surface area contributed by atoms with Crippen molar-refractivity contribution in [1.82, 2.24) is 0 Å². The summed E-state index contributed by atoms with van der Waals surface area (Å²) >= 11 is 0. The highest BCUT2D eigenvalue weighted by Crippen LogP contribution is 2.66. The lowest BCUT2D eigenvalue weighted by Crippen LogP contribution is -2.56. The van der Waals surface area contributed by atoms with Crippen molar-refractivity contribution < 1.29 is 10.2 Å². The third kappa shape index (κ3) is 4.49. The molecule has 0 amide bonds. The first-order valence-electron chi connectivity index (χ1n) is 14.9. The van der Waals surface area contributed by atoms with Crippen LogP contribution in [-0.4, -0.2) is 22.4 Å². The molecule has 9 atom stereocenters. The monoisotopic (exact) mass is 470 g/mol. The fourth-order valence-corrected chi connectivity index (χ4v) is 9.19. The molecule has 2 heteroatoms. The van der Waals surface area contributed by atoms with Gasteiger partial charge < -0.3 is 10.2 Å². The molecule has 4 aliphatic carbocycles. The minimum Gasteiger partial charge on any atom is -0.392 e. The molecule has 4 aliphatic rings. The van der Waals surface area contributed by atoms with Crippen LogP contribution < -0.4 is 0 Å². The summed E-state index contributed by atoms with van der Waals surface area (Å²) in [6, 6.07) is 0. The van der Waals surface area contributed by atoms with E-state index >= 15 is 0 Å². The predicted molar refractivity (Wildman–Crippen MR) is 143 cm³/mol. The van der Waals surface area contributed by atoms with Crippen LogP contribution in [0.5, 0.6) is 0 Å². The summed E-state index contributed by atoms with van der Waals surface area (Å²) in [4.78, 5) is 0. The topological polar surface area (TPSA) is 40.5 Å². The molecular weight excluding hydrogens is 416 g/mol. The van der Waals surface area contributed by atoms with Gasteiger partial charge in [0.2, 0.25) is 0 Å². The van der Waals surface area contributed by atoms with Crippen LogP contribution in [0.4, 0.5) is 0 Å². The van der Waals surface area contributed by atoms with Crippen molar-refractivity contribution in [3.8, 4) is 0 Å². The zero-order valence-electron chi connectivity index (χ0n) is 23.2. The molecule has 0 heterocycles. The highest BCUT2D eigenvalue weighted by molar-refractivity contribution is 5.40. The Morgan fingerprint density at radius 2 is 1.71 bits per heavy atom. The van der Waals surface area contributed by atoms with Crippen LogP contribution in [0.2, 0.25) is 0 Å². The first-order chi connectivity index (χ1) is 16.1. The van der Waals surface area contributed by atoms with E-state index < -0.39 is 12.2 Å². The van der Waals surface area contributed by atoms with Crippen LogP contribution in [0.1, 0.15) is 119 Å². The smallest absolute Gasteiger partial charge is 0.0689 e. The third-order valence-electron chi connectivity index (χ3n) is 11.3. The summed E-state index contributed by atoms with van der Waals surface area (Å²) in [6.07, 6.45) is 18.5. The summed E-state index contributed by atoms with van der Waals surface area (Å²) in [7, 11) is 0. The number of unbranched alkanes of at least 4 members (excludes halogenated alkanes) is 2. The number of hydrogen-bond acceptors (Lipinski definition) is 2. The van der Waals surface area contributed by atoms with E-state index in [2.05, 4.69) is 53.7 Å². The maximum Gasteiger partial charge on any atom is 0.0689 e. The Morgan fingerprint density at radius 3 is 2.41 bits per heavy atom. The lowest BCUT2D eigenvalue weighted by Gasteiger charge is -2.58. The lowest BCUT2D eigenvalue weighted by atomic mass is 9.48. The molecule has 0 aromatic rings. The van der Waals surface area contributed by atoms with Gasteiger partial charge in [-0.15, -0.1) is 0 Å². The van der Waals surface area contributed by atoms with Crippen LogP contribution in [-0.2, 0) is 0 Å². The molecule has 2 N–H and O–H groups in total. The van der Waals surface area contributed by atoms with Gasteiger partial charge in [0.05, 0.1) is 12.2 Å². The molecule has 4 rings (SSSR count). The Balaban J connectivity index is 1.54. The second-order valence-electron chi connectivity index (χ2n) is 13.7. The van der Waals surface area contributed by atoms with Gasteiger partial charge in [0.15, 0.2) is 0 Å². The maximum absolute atomic E-state index is 11.8. The molecule has 34 heavy (non-hydrogen) atoms. The third-order valence-corrected chi connectivity index (χ3v) is 11.3. The van der Waals surface area contributed by atoms with E-state index in [1.165, 1.54) is 63.4 Å². The number of allylic oxidation sites excluding steroid dienone is 3. The fourth-order valence-electron chi connectivity index (χ4n) is 9.19. The Bertz CT molecular complexity index is 765. The van der Waals surface area contributed by atoms with Crippen LogP contribution in [0.15, 0.2) is 23.3 Å². The van der Waals surface area contributed by atoms with Crippen LogP contribution in [0.3, 0.4) is 0 Å². The molecule has 0 aromatic carbocycles. The number of rotatable bonds is 9. The first kappa shape index (κ1) is 26.5. The van der Waals surface area contributed by atoms with E-state index in [-0.39, 0.29) is 11.3 Å². The molecule has 194 valence electrons. The highest BCUT2D eigenvalue weighted by Gasteiger charge is 2.60. The normalized spacial score (nSPS) is 42.5. The Morgan fingerprint density at radius 1 is 0.941 bits per heavy atom. The standard InChI is InChI=1S/C32H54O2/c1-7-8-9-13-25-29(33)20-23-14-15-24-27-17-16-26(22(4)12-10-11-21(2)3)31(27,5)19-18-28(24)32(23,6)30(25)34/h14-15,21-22,25-30,33-34H,7-13,16-20H2,1-6H3/t22-,25-,26-,27+,28+,29-,30+,31-,32+/m1/s1. The second-order valence-corrected chi connectivity index (χ2v) is 13.7. The van der Waals surface area contributed by atoms with E-state index in [9.17, 15) is 10.2 Å². The van der Waals surface area contributed by atoms with E-state index in [0.29, 0.717) is 17.3 Å². The molecular formula is C32H54O2. The molecule has 3 fully saturated rings. The van der Waals surface area contributed by atoms with Crippen molar-refractivity contribution in [1.29, 1.82) is 0 Å². The average molecular weight is 471 g/mol. The lowest BCUT2D eigenvalue weighted by molar-refractivity contribution is -0.100. The second kappa shape index (κ2) is 10.4. The molecule has 0 unspecified atom stereocenters.